The molecule has 0 radical (unpaired) electrons. The molecule has 1 aliphatic heterocycles. The summed E-state index contributed by atoms with van der Waals surface area (Å²) in [5.74, 6) is -1.23. The maximum Gasteiger partial charge on any atom is 0.337 e. The maximum absolute atomic E-state index is 11.2. The van der Waals surface area contributed by atoms with Crippen LogP contribution < -0.4 is 10.0 Å². The average Bonchev–Trinajstić information content (AvgIpc) is 2.73. The van der Waals surface area contributed by atoms with Crippen molar-refractivity contribution in [1.82, 2.24) is 0 Å². The van der Waals surface area contributed by atoms with Gasteiger partial charge in [0.05, 0.1) is 22.3 Å². The Morgan fingerprint density at radius 3 is 2.58 bits per heavy atom. The lowest BCUT2D eigenvalue weighted by Gasteiger charge is -2.20. The molecule has 104 valence electrons. The molecular formula is C11H14N2O5S. The third-order valence-electron chi connectivity index (χ3n) is 3.03. The number of nitrogens with two attached hydrogens (primary N) is 1. The van der Waals surface area contributed by atoms with Crippen molar-refractivity contribution < 1.29 is 23.4 Å². The Bertz CT molecular complexity index is 614. The van der Waals surface area contributed by atoms with Crippen molar-refractivity contribution in [2.75, 3.05) is 18.0 Å². The lowest BCUT2D eigenvalue weighted by atomic mass is 10.1. The lowest BCUT2D eigenvalue weighted by molar-refractivity contribution is 0.0697. The van der Waals surface area contributed by atoms with Gasteiger partial charge < -0.3 is 15.1 Å². The Morgan fingerprint density at radius 1 is 1.42 bits per heavy atom. The van der Waals surface area contributed by atoms with Gasteiger partial charge >= 0.3 is 5.97 Å². The molecule has 0 saturated carbocycles. The molecule has 2 rings (SSSR count). The standard InChI is InChI=1S/C11H14N2O5S/c12-19(17,18)8-1-2-10(9(5-8)11(15)16)13-4-3-7(14)6-13/h1-2,5,7,14H,3-4,6H2,(H,15,16)(H2,12,17,18). The summed E-state index contributed by atoms with van der Waals surface area (Å²) in [5.41, 5.74) is 0.247. The third-order valence-corrected chi connectivity index (χ3v) is 3.94. The molecule has 1 atom stereocenters. The monoisotopic (exact) mass is 286 g/mol. The molecule has 1 saturated heterocycles. The predicted molar refractivity (Wildman–Crippen MR) is 67.6 cm³/mol. The summed E-state index contributed by atoms with van der Waals surface area (Å²) in [5, 5.41) is 23.6. The lowest BCUT2D eigenvalue weighted by Crippen LogP contribution is -2.24. The summed E-state index contributed by atoms with van der Waals surface area (Å²) in [6, 6.07) is 3.71. The van der Waals surface area contributed by atoms with E-state index in [9.17, 15) is 18.3 Å². The number of benzene rings is 1. The number of sulfonamides is 1. The molecule has 7 nitrogen and oxygen atoms in total. The Balaban J connectivity index is 2.47. The number of nitrogens with zero attached hydrogens (tertiary/aromatic N) is 1. The summed E-state index contributed by atoms with van der Waals surface area (Å²) in [6.07, 6.45) is 0.0512. The highest BCUT2D eigenvalue weighted by Crippen LogP contribution is 2.27. The molecule has 1 aromatic carbocycles. The molecule has 1 unspecified atom stereocenters. The molecule has 0 spiro atoms. The van der Waals surface area contributed by atoms with E-state index < -0.39 is 22.1 Å². The van der Waals surface area contributed by atoms with Gasteiger partial charge in [0, 0.05) is 13.1 Å². The van der Waals surface area contributed by atoms with Crippen LogP contribution in [0, 0.1) is 0 Å². The van der Waals surface area contributed by atoms with Gasteiger partial charge in [-0.2, -0.15) is 0 Å². The fourth-order valence-corrected chi connectivity index (χ4v) is 2.64. The number of rotatable bonds is 3. The number of carboxylic acid groups (broad SMARTS) is 1. The van der Waals surface area contributed by atoms with Crippen molar-refractivity contribution in [3.8, 4) is 0 Å². The summed E-state index contributed by atoms with van der Waals surface area (Å²) in [7, 11) is -3.94. The van der Waals surface area contributed by atoms with Crippen LogP contribution in [0.2, 0.25) is 0 Å². The van der Waals surface area contributed by atoms with E-state index in [4.69, 9.17) is 10.2 Å². The SMILES string of the molecule is NS(=O)(=O)c1ccc(N2CCC(O)C2)c(C(=O)O)c1. The number of hydrogen-bond donors (Lipinski definition) is 3. The van der Waals surface area contributed by atoms with E-state index in [1.165, 1.54) is 12.1 Å². The quantitative estimate of drug-likeness (QED) is 0.695. The predicted octanol–water partition coefficient (Wildman–Crippen LogP) is -0.397. The number of carbonyl (C=O) groups is 1. The number of anilines is 1. The van der Waals surface area contributed by atoms with Crippen molar-refractivity contribution in [1.29, 1.82) is 0 Å². The topological polar surface area (TPSA) is 121 Å². The molecule has 0 aliphatic carbocycles. The van der Waals surface area contributed by atoms with Crippen molar-refractivity contribution in [3.63, 3.8) is 0 Å². The number of β-amino-alcohol motifs (C(OH)–C–C–N with tert-alkyl or cyclic N) is 1. The smallest absolute Gasteiger partial charge is 0.337 e. The van der Waals surface area contributed by atoms with Gasteiger partial charge in [0.1, 0.15) is 0 Å². The first-order valence-corrected chi connectivity index (χ1v) is 7.17. The molecule has 4 N–H and O–H groups in total. The van der Waals surface area contributed by atoms with Crippen LogP contribution in [-0.4, -0.2) is 43.8 Å². The average molecular weight is 286 g/mol. The van der Waals surface area contributed by atoms with Crippen LogP contribution in [0.3, 0.4) is 0 Å². The van der Waals surface area contributed by atoms with E-state index in [0.29, 0.717) is 25.2 Å². The third kappa shape index (κ3) is 2.86. The molecule has 0 amide bonds. The van der Waals surface area contributed by atoms with Gasteiger partial charge in [-0.1, -0.05) is 0 Å². The van der Waals surface area contributed by atoms with Crippen LogP contribution in [0.15, 0.2) is 23.1 Å². The van der Waals surface area contributed by atoms with Crippen LogP contribution in [-0.2, 0) is 10.0 Å². The van der Waals surface area contributed by atoms with Gasteiger partial charge in [0.2, 0.25) is 10.0 Å². The number of aromatic carboxylic acids is 1. The van der Waals surface area contributed by atoms with E-state index in [2.05, 4.69) is 0 Å². The first-order chi connectivity index (χ1) is 8.79. The van der Waals surface area contributed by atoms with Crippen LogP contribution in [0.1, 0.15) is 16.8 Å². The maximum atomic E-state index is 11.2. The van der Waals surface area contributed by atoms with Gasteiger partial charge in [0.15, 0.2) is 0 Å². The van der Waals surface area contributed by atoms with E-state index in [-0.39, 0.29) is 10.5 Å². The minimum atomic E-state index is -3.94. The second kappa shape index (κ2) is 4.80. The number of carboxylic acids is 1. The largest absolute Gasteiger partial charge is 0.478 e. The molecule has 8 heteroatoms. The normalized spacial score (nSPS) is 19.7. The number of hydrogen-bond acceptors (Lipinski definition) is 5. The minimum Gasteiger partial charge on any atom is -0.478 e. The molecule has 1 heterocycles. The van der Waals surface area contributed by atoms with Crippen LogP contribution in [0.5, 0.6) is 0 Å². The van der Waals surface area contributed by atoms with E-state index in [1.54, 1.807) is 4.90 Å². The highest BCUT2D eigenvalue weighted by Gasteiger charge is 2.25. The fraction of sp³-hybridized carbons (Fsp3) is 0.364. The summed E-state index contributed by atoms with van der Waals surface area (Å²) in [6.45, 7) is 0.852. The van der Waals surface area contributed by atoms with Gasteiger partial charge in [0.25, 0.3) is 0 Å². The Kier molecular flexibility index (Phi) is 3.48. The molecule has 0 bridgehead atoms. The zero-order chi connectivity index (χ0) is 14.2. The van der Waals surface area contributed by atoms with Gasteiger partial charge in [-0.25, -0.2) is 18.4 Å². The second-order valence-corrected chi connectivity index (χ2v) is 5.98. The first kappa shape index (κ1) is 13.8. The second-order valence-electron chi connectivity index (χ2n) is 4.42. The number of aliphatic hydroxyl groups excluding tert-OH is 1. The van der Waals surface area contributed by atoms with Crippen molar-refractivity contribution in [3.05, 3.63) is 23.8 Å². The highest BCUT2D eigenvalue weighted by molar-refractivity contribution is 7.89. The van der Waals surface area contributed by atoms with Crippen LogP contribution in [0.25, 0.3) is 0 Å². The van der Waals surface area contributed by atoms with Crippen LogP contribution in [0.4, 0.5) is 5.69 Å². The Hall–Kier alpha value is -1.64. The zero-order valence-electron chi connectivity index (χ0n) is 9.98. The molecule has 1 aromatic rings. The summed E-state index contributed by atoms with van der Waals surface area (Å²) >= 11 is 0. The van der Waals surface area contributed by atoms with E-state index in [1.807, 2.05) is 0 Å². The highest BCUT2D eigenvalue weighted by atomic mass is 32.2. The van der Waals surface area contributed by atoms with Gasteiger partial charge in [-0.3, -0.25) is 0 Å². The van der Waals surface area contributed by atoms with Crippen LogP contribution >= 0.6 is 0 Å². The van der Waals surface area contributed by atoms with Crippen molar-refractivity contribution in [2.45, 2.75) is 17.4 Å². The molecule has 1 fully saturated rings. The first-order valence-electron chi connectivity index (χ1n) is 5.62. The summed E-state index contributed by atoms with van der Waals surface area (Å²) < 4.78 is 22.4. The van der Waals surface area contributed by atoms with Crippen molar-refractivity contribution >= 4 is 21.7 Å². The van der Waals surface area contributed by atoms with Crippen molar-refractivity contribution in [2.24, 2.45) is 5.14 Å². The Morgan fingerprint density at radius 2 is 2.11 bits per heavy atom. The van der Waals surface area contributed by atoms with E-state index >= 15 is 0 Å². The number of primary sulfonamides is 1. The Labute approximate surface area is 110 Å². The van der Waals surface area contributed by atoms with Gasteiger partial charge in [-0.05, 0) is 24.6 Å². The molecule has 19 heavy (non-hydrogen) atoms. The molecule has 0 aromatic heterocycles. The van der Waals surface area contributed by atoms with E-state index in [0.717, 1.165) is 6.07 Å². The zero-order valence-corrected chi connectivity index (χ0v) is 10.8. The van der Waals surface area contributed by atoms with Gasteiger partial charge in [-0.15, -0.1) is 0 Å². The fourth-order valence-electron chi connectivity index (χ4n) is 2.10. The minimum absolute atomic E-state index is 0.138. The molecular weight excluding hydrogens is 272 g/mol. The summed E-state index contributed by atoms with van der Waals surface area (Å²) in [4.78, 5) is 12.7. The molecule has 1 aliphatic rings. The number of aliphatic hydroxyl groups is 1.